The first-order valence-corrected chi connectivity index (χ1v) is 3.85. The number of anilines is 1. The Morgan fingerprint density at radius 3 is 2.42 bits per heavy atom. The average Bonchev–Trinajstić information content (AvgIpc) is 2.17. The van der Waals surface area contributed by atoms with E-state index in [2.05, 4.69) is 0 Å². The summed E-state index contributed by atoms with van der Waals surface area (Å²) < 4.78 is 0. The van der Waals surface area contributed by atoms with Crippen LogP contribution >= 0.6 is 0 Å². The van der Waals surface area contributed by atoms with Gasteiger partial charge in [0, 0.05) is 17.8 Å². The highest BCUT2D eigenvalue weighted by Gasteiger charge is 1.96. The zero-order valence-corrected chi connectivity index (χ0v) is 7.03. The van der Waals surface area contributed by atoms with Gasteiger partial charge in [0.25, 0.3) is 0 Å². The molecule has 0 aromatic heterocycles. The summed E-state index contributed by atoms with van der Waals surface area (Å²) in [4.78, 5) is 11.9. The van der Waals surface area contributed by atoms with Crippen LogP contribution in [-0.4, -0.2) is 20.8 Å². The molecule has 60 valence electrons. The van der Waals surface area contributed by atoms with Crippen LogP contribution < -0.4 is 4.81 Å². The van der Waals surface area contributed by atoms with Crippen LogP contribution in [0.1, 0.15) is 17.3 Å². The molecule has 1 aromatic carbocycles. The number of carbonyl (C=O) groups excluding carboxylic acids is 1. The molecule has 0 aliphatic carbocycles. The Labute approximate surface area is 73.6 Å². The smallest absolute Gasteiger partial charge is 0.226 e. The van der Waals surface area contributed by atoms with Gasteiger partial charge < -0.3 is 4.81 Å². The topological polar surface area (TPSA) is 20.3 Å². The summed E-state index contributed by atoms with van der Waals surface area (Å²) in [7, 11) is 5.63. The normalized spacial score (nSPS) is 9.42. The molecule has 0 N–H and O–H groups in total. The first-order valence-electron chi connectivity index (χ1n) is 3.85. The van der Waals surface area contributed by atoms with Gasteiger partial charge in [-0.05, 0) is 31.2 Å². The zero-order chi connectivity index (χ0) is 8.97. The standard InChI is InChI=1S/C9H10BNO/c1-2-11(10)9-5-3-8(7-12)4-6-9/h3-7H,2H2,1H3. The number of rotatable bonds is 3. The van der Waals surface area contributed by atoms with Crippen molar-refractivity contribution in [3.63, 3.8) is 0 Å². The second-order valence-electron chi connectivity index (χ2n) is 2.50. The third kappa shape index (κ3) is 1.88. The number of hydrogen-bond donors (Lipinski definition) is 0. The van der Waals surface area contributed by atoms with Crippen LogP contribution in [0.15, 0.2) is 24.3 Å². The average molecular weight is 159 g/mol. The van der Waals surface area contributed by atoms with E-state index in [-0.39, 0.29) is 0 Å². The van der Waals surface area contributed by atoms with Crippen LogP contribution in [0.5, 0.6) is 0 Å². The van der Waals surface area contributed by atoms with E-state index in [0.29, 0.717) is 5.56 Å². The lowest BCUT2D eigenvalue weighted by Crippen LogP contribution is -2.17. The SMILES string of the molecule is [B]N(CC)c1ccc(C=O)cc1. The van der Waals surface area contributed by atoms with Crippen molar-refractivity contribution in [3.8, 4) is 0 Å². The van der Waals surface area contributed by atoms with Gasteiger partial charge in [-0.3, -0.25) is 4.79 Å². The molecule has 3 heteroatoms. The molecule has 0 unspecified atom stereocenters. The lowest BCUT2D eigenvalue weighted by molar-refractivity contribution is 0.112. The van der Waals surface area contributed by atoms with Crippen LogP contribution in [-0.2, 0) is 0 Å². The predicted octanol–water partition coefficient (Wildman–Crippen LogP) is 1.41. The van der Waals surface area contributed by atoms with Crippen molar-refractivity contribution in [2.45, 2.75) is 6.92 Å². The lowest BCUT2D eigenvalue weighted by Gasteiger charge is -2.16. The highest BCUT2D eigenvalue weighted by Crippen LogP contribution is 2.11. The molecule has 0 saturated carbocycles. The maximum Gasteiger partial charge on any atom is 0.226 e. The molecule has 0 amide bonds. The lowest BCUT2D eigenvalue weighted by atomic mass is 10.1. The molecule has 0 heterocycles. The summed E-state index contributed by atoms with van der Waals surface area (Å²) in [6, 6.07) is 7.15. The second kappa shape index (κ2) is 3.95. The Hall–Kier alpha value is -1.25. The quantitative estimate of drug-likeness (QED) is 0.490. The van der Waals surface area contributed by atoms with Crippen molar-refractivity contribution >= 4 is 20.0 Å². The van der Waals surface area contributed by atoms with E-state index < -0.39 is 0 Å². The molecule has 0 aliphatic heterocycles. The third-order valence-corrected chi connectivity index (χ3v) is 1.70. The fourth-order valence-electron chi connectivity index (χ4n) is 0.927. The van der Waals surface area contributed by atoms with Crippen LogP contribution in [0.3, 0.4) is 0 Å². The number of hydrogen-bond acceptors (Lipinski definition) is 2. The van der Waals surface area contributed by atoms with Crippen molar-refractivity contribution < 1.29 is 4.79 Å². The van der Waals surface area contributed by atoms with Crippen molar-refractivity contribution in [1.29, 1.82) is 0 Å². The van der Waals surface area contributed by atoms with E-state index >= 15 is 0 Å². The summed E-state index contributed by atoms with van der Waals surface area (Å²) in [6.07, 6.45) is 0.816. The van der Waals surface area contributed by atoms with E-state index in [1.807, 2.05) is 19.1 Å². The summed E-state index contributed by atoms with van der Waals surface area (Å²) >= 11 is 0. The Kier molecular flexibility index (Phi) is 2.91. The van der Waals surface area contributed by atoms with Crippen LogP contribution in [0.4, 0.5) is 5.69 Å². The molecule has 1 rings (SSSR count). The van der Waals surface area contributed by atoms with E-state index in [1.165, 1.54) is 0 Å². The Morgan fingerprint density at radius 1 is 1.42 bits per heavy atom. The largest absolute Gasteiger partial charge is 0.425 e. The summed E-state index contributed by atoms with van der Waals surface area (Å²) in [5.41, 5.74) is 1.59. The minimum absolute atomic E-state index is 0.670. The van der Waals surface area contributed by atoms with Gasteiger partial charge in [0.15, 0.2) is 0 Å². The second-order valence-corrected chi connectivity index (χ2v) is 2.50. The predicted molar refractivity (Wildman–Crippen MR) is 50.6 cm³/mol. The summed E-state index contributed by atoms with van der Waals surface area (Å²) in [5, 5.41) is 0. The fraction of sp³-hybridized carbons (Fsp3) is 0.222. The molecule has 0 bridgehead atoms. The van der Waals surface area contributed by atoms with Gasteiger partial charge in [-0.1, -0.05) is 0 Å². The molecule has 12 heavy (non-hydrogen) atoms. The molecule has 0 aliphatic rings. The molecule has 2 radical (unpaired) electrons. The first kappa shape index (κ1) is 8.85. The molecular weight excluding hydrogens is 149 g/mol. The van der Waals surface area contributed by atoms with Gasteiger partial charge in [-0.25, -0.2) is 0 Å². The third-order valence-electron chi connectivity index (χ3n) is 1.70. The summed E-state index contributed by atoms with van der Waals surface area (Å²) in [5.74, 6) is 0. The molecular formula is C9H10BNO. The Balaban J connectivity index is 2.84. The van der Waals surface area contributed by atoms with Gasteiger partial charge in [0.1, 0.15) is 6.29 Å². The number of aldehydes is 1. The zero-order valence-electron chi connectivity index (χ0n) is 7.03. The van der Waals surface area contributed by atoms with Crippen molar-refractivity contribution in [1.82, 2.24) is 0 Å². The highest BCUT2D eigenvalue weighted by molar-refractivity contribution is 6.17. The van der Waals surface area contributed by atoms with E-state index in [1.54, 1.807) is 16.9 Å². The molecule has 0 atom stereocenters. The Bertz CT molecular complexity index is 258. The maximum absolute atomic E-state index is 10.3. The van der Waals surface area contributed by atoms with Crippen LogP contribution in [0.25, 0.3) is 0 Å². The monoisotopic (exact) mass is 159 g/mol. The van der Waals surface area contributed by atoms with Crippen LogP contribution in [0.2, 0.25) is 0 Å². The number of carbonyl (C=O) groups is 1. The van der Waals surface area contributed by atoms with Gasteiger partial charge in [-0.15, -0.1) is 0 Å². The maximum atomic E-state index is 10.3. The minimum Gasteiger partial charge on any atom is -0.425 e. The number of benzene rings is 1. The minimum atomic E-state index is 0.670. The van der Waals surface area contributed by atoms with E-state index in [4.69, 9.17) is 7.98 Å². The number of nitrogens with zero attached hydrogens (tertiary/aromatic N) is 1. The molecule has 0 fully saturated rings. The molecule has 1 aromatic rings. The summed E-state index contributed by atoms with van der Waals surface area (Å²) in [6.45, 7) is 2.72. The molecule has 2 nitrogen and oxygen atoms in total. The molecule has 0 spiro atoms. The van der Waals surface area contributed by atoms with E-state index in [9.17, 15) is 4.79 Å². The van der Waals surface area contributed by atoms with Crippen molar-refractivity contribution in [3.05, 3.63) is 29.8 Å². The fourth-order valence-corrected chi connectivity index (χ4v) is 0.927. The van der Waals surface area contributed by atoms with E-state index in [0.717, 1.165) is 18.5 Å². The van der Waals surface area contributed by atoms with Gasteiger partial charge in [-0.2, -0.15) is 0 Å². The van der Waals surface area contributed by atoms with Crippen molar-refractivity contribution in [2.75, 3.05) is 11.4 Å². The Morgan fingerprint density at radius 2 is 2.00 bits per heavy atom. The molecule has 0 saturated heterocycles. The van der Waals surface area contributed by atoms with Crippen LogP contribution in [0, 0.1) is 0 Å². The van der Waals surface area contributed by atoms with Gasteiger partial charge in [0.05, 0.1) is 0 Å². The van der Waals surface area contributed by atoms with Gasteiger partial charge >= 0.3 is 0 Å². The highest BCUT2D eigenvalue weighted by atomic mass is 16.1. The van der Waals surface area contributed by atoms with Crippen molar-refractivity contribution in [2.24, 2.45) is 0 Å². The van der Waals surface area contributed by atoms with Gasteiger partial charge in [0.2, 0.25) is 7.98 Å². The first-order chi connectivity index (χ1) is 5.77.